The Morgan fingerprint density at radius 1 is 1.36 bits per heavy atom. The van der Waals surface area contributed by atoms with Gasteiger partial charge in [-0.15, -0.1) is 0 Å². The first-order valence-corrected chi connectivity index (χ1v) is 4.97. The van der Waals surface area contributed by atoms with Gasteiger partial charge in [0.1, 0.15) is 5.69 Å². The number of nitrogen functional groups attached to an aromatic ring is 1. The van der Waals surface area contributed by atoms with Crippen LogP contribution in [-0.2, 0) is 6.42 Å². The van der Waals surface area contributed by atoms with Gasteiger partial charge in [0.2, 0.25) is 5.95 Å². The van der Waals surface area contributed by atoms with Crippen molar-refractivity contribution in [1.29, 1.82) is 0 Å². The van der Waals surface area contributed by atoms with E-state index in [-0.39, 0.29) is 5.95 Å². The number of aryl methyl sites for hydroxylation is 1. The lowest BCUT2D eigenvalue weighted by molar-refractivity contribution is 1.00. The number of hydrogen-bond acceptors (Lipinski definition) is 6. The van der Waals surface area contributed by atoms with Gasteiger partial charge in [0.25, 0.3) is 0 Å². The molecule has 14 heavy (non-hydrogen) atoms. The first kappa shape index (κ1) is 9.01. The van der Waals surface area contributed by atoms with Crippen LogP contribution in [0.1, 0.15) is 12.6 Å². The molecule has 0 aliphatic rings. The van der Waals surface area contributed by atoms with Crippen molar-refractivity contribution in [1.82, 2.24) is 19.3 Å². The summed E-state index contributed by atoms with van der Waals surface area (Å²) in [5.41, 5.74) is 7.10. The van der Waals surface area contributed by atoms with Gasteiger partial charge >= 0.3 is 0 Å². The lowest BCUT2D eigenvalue weighted by Gasteiger charge is -1.95. The molecule has 2 N–H and O–H groups in total. The number of anilines is 1. The van der Waals surface area contributed by atoms with Gasteiger partial charge in [-0.25, -0.2) is 0 Å². The van der Waals surface area contributed by atoms with Gasteiger partial charge in [0.05, 0.1) is 11.9 Å². The van der Waals surface area contributed by atoms with Crippen molar-refractivity contribution in [3.05, 3.63) is 18.1 Å². The predicted octanol–water partition coefficient (Wildman–Crippen LogP) is 1.14. The molecule has 0 fully saturated rings. The largest absolute Gasteiger partial charge is 0.367 e. The number of nitrogens with two attached hydrogens (primary N) is 1. The topological polar surface area (TPSA) is 77.6 Å². The van der Waals surface area contributed by atoms with Crippen molar-refractivity contribution in [3.63, 3.8) is 0 Å². The van der Waals surface area contributed by atoms with Crippen LogP contribution in [-0.4, -0.2) is 19.3 Å². The Hall–Kier alpha value is -1.56. The maximum atomic E-state index is 5.41. The third kappa shape index (κ3) is 1.69. The molecule has 0 aromatic carbocycles. The van der Waals surface area contributed by atoms with Gasteiger partial charge < -0.3 is 5.73 Å². The van der Waals surface area contributed by atoms with Crippen LogP contribution in [0.3, 0.4) is 0 Å². The fraction of sp³-hybridized carbons (Fsp3) is 0.250. The quantitative estimate of drug-likeness (QED) is 0.799. The minimum absolute atomic E-state index is 0.284. The van der Waals surface area contributed by atoms with Crippen molar-refractivity contribution in [2.75, 3.05) is 5.73 Å². The molecule has 2 aromatic rings. The average molecular weight is 207 g/mol. The molecule has 0 bridgehead atoms. The summed E-state index contributed by atoms with van der Waals surface area (Å²) in [4.78, 5) is 12.5. The summed E-state index contributed by atoms with van der Waals surface area (Å²) in [5.74, 6) is 0.284. The molecule has 0 amide bonds. The van der Waals surface area contributed by atoms with E-state index < -0.39 is 0 Å². The number of hydrogen-bond donors (Lipinski definition) is 1. The zero-order valence-electron chi connectivity index (χ0n) is 7.64. The molecular formula is C8H9N5S. The molecule has 2 aromatic heterocycles. The van der Waals surface area contributed by atoms with Crippen LogP contribution in [0.4, 0.5) is 5.95 Å². The van der Waals surface area contributed by atoms with Crippen LogP contribution in [0, 0.1) is 0 Å². The molecule has 0 atom stereocenters. The second kappa shape index (κ2) is 3.67. The van der Waals surface area contributed by atoms with Crippen molar-refractivity contribution in [2.24, 2.45) is 0 Å². The molecule has 0 aliphatic heterocycles. The van der Waals surface area contributed by atoms with Gasteiger partial charge in [0.15, 0.2) is 5.01 Å². The van der Waals surface area contributed by atoms with E-state index in [1.807, 2.05) is 6.92 Å². The smallest absolute Gasteiger partial charge is 0.232 e. The highest BCUT2D eigenvalue weighted by molar-refractivity contribution is 7.09. The molecule has 0 saturated heterocycles. The Morgan fingerprint density at radius 3 is 2.71 bits per heavy atom. The highest BCUT2D eigenvalue weighted by Gasteiger charge is 2.05. The van der Waals surface area contributed by atoms with Crippen LogP contribution in [0.2, 0.25) is 0 Å². The second-order valence-electron chi connectivity index (χ2n) is 2.70. The first-order valence-electron chi connectivity index (χ1n) is 4.20. The molecule has 72 valence electrons. The molecule has 5 nitrogen and oxygen atoms in total. The van der Waals surface area contributed by atoms with Crippen LogP contribution in [0.5, 0.6) is 0 Å². The van der Waals surface area contributed by atoms with E-state index in [4.69, 9.17) is 5.73 Å². The van der Waals surface area contributed by atoms with Gasteiger partial charge in [-0.1, -0.05) is 6.92 Å². The highest BCUT2D eigenvalue weighted by Crippen LogP contribution is 2.18. The van der Waals surface area contributed by atoms with Gasteiger partial charge in [-0.3, -0.25) is 9.97 Å². The number of aromatic nitrogens is 4. The molecule has 0 aliphatic carbocycles. The number of nitrogens with zero attached hydrogens (tertiary/aromatic N) is 4. The summed E-state index contributed by atoms with van der Waals surface area (Å²) < 4.78 is 3.88. The van der Waals surface area contributed by atoms with E-state index in [9.17, 15) is 0 Å². The second-order valence-corrected chi connectivity index (χ2v) is 3.46. The molecular weight excluding hydrogens is 198 g/mol. The van der Waals surface area contributed by atoms with Crippen LogP contribution in [0.25, 0.3) is 10.7 Å². The Balaban J connectivity index is 2.33. The van der Waals surface area contributed by atoms with Crippen molar-refractivity contribution < 1.29 is 0 Å². The third-order valence-corrected chi connectivity index (χ3v) is 2.48. The lowest BCUT2D eigenvalue weighted by atomic mass is 10.3. The lowest BCUT2D eigenvalue weighted by Crippen LogP contribution is -1.91. The Morgan fingerprint density at radius 2 is 2.21 bits per heavy atom. The van der Waals surface area contributed by atoms with Crippen molar-refractivity contribution >= 4 is 17.5 Å². The van der Waals surface area contributed by atoms with Gasteiger partial charge in [0, 0.05) is 6.20 Å². The minimum Gasteiger partial charge on any atom is -0.367 e. The molecule has 0 unspecified atom stereocenters. The predicted molar refractivity (Wildman–Crippen MR) is 54.7 cm³/mol. The molecule has 0 spiro atoms. The Bertz CT molecular complexity index is 422. The monoisotopic (exact) mass is 207 g/mol. The number of rotatable bonds is 2. The highest BCUT2D eigenvalue weighted by atomic mass is 32.1. The summed E-state index contributed by atoms with van der Waals surface area (Å²) >= 11 is 1.23. The zero-order chi connectivity index (χ0) is 9.97. The van der Waals surface area contributed by atoms with Crippen molar-refractivity contribution in [2.45, 2.75) is 13.3 Å². The van der Waals surface area contributed by atoms with Gasteiger partial charge in [-0.2, -0.15) is 9.36 Å². The summed E-state index contributed by atoms with van der Waals surface area (Å²) in [7, 11) is 0. The van der Waals surface area contributed by atoms with Gasteiger partial charge in [-0.05, 0) is 18.0 Å². The Labute approximate surface area is 85.2 Å². The third-order valence-electron chi connectivity index (χ3n) is 1.73. The van der Waals surface area contributed by atoms with E-state index in [1.165, 1.54) is 11.5 Å². The molecule has 6 heteroatoms. The summed E-state index contributed by atoms with van der Waals surface area (Å²) in [6.45, 7) is 2.03. The van der Waals surface area contributed by atoms with Crippen LogP contribution >= 0.6 is 11.5 Å². The van der Waals surface area contributed by atoms with E-state index in [2.05, 4.69) is 19.3 Å². The zero-order valence-corrected chi connectivity index (χ0v) is 8.45. The van der Waals surface area contributed by atoms with Crippen LogP contribution in [0.15, 0.2) is 12.4 Å². The summed E-state index contributed by atoms with van der Waals surface area (Å²) in [6, 6.07) is 0. The van der Waals surface area contributed by atoms with Crippen LogP contribution < -0.4 is 5.73 Å². The SMILES string of the molecule is CCc1cnc(-c2nc(N)ns2)cn1. The molecule has 0 saturated carbocycles. The Kier molecular flexibility index (Phi) is 2.36. The van der Waals surface area contributed by atoms with Crippen molar-refractivity contribution in [3.8, 4) is 10.7 Å². The maximum Gasteiger partial charge on any atom is 0.232 e. The first-order chi connectivity index (χ1) is 6.79. The van der Waals surface area contributed by atoms with E-state index in [0.29, 0.717) is 5.01 Å². The standard InChI is InChI=1S/C8H9N5S/c1-2-5-3-11-6(4-10-5)7-12-8(9)13-14-7/h3-4H,2H2,1H3,(H2,9,13). The normalized spacial score (nSPS) is 10.4. The van der Waals surface area contributed by atoms with E-state index in [1.54, 1.807) is 12.4 Å². The van der Waals surface area contributed by atoms with E-state index >= 15 is 0 Å². The van der Waals surface area contributed by atoms with E-state index in [0.717, 1.165) is 17.8 Å². The fourth-order valence-electron chi connectivity index (χ4n) is 0.987. The summed E-state index contributed by atoms with van der Waals surface area (Å²) in [6.07, 6.45) is 4.32. The summed E-state index contributed by atoms with van der Waals surface area (Å²) in [5, 5.41) is 0.706. The minimum atomic E-state index is 0.284. The average Bonchev–Trinajstić information content (AvgIpc) is 2.65. The molecule has 2 heterocycles. The maximum absolute atomic E-state index is 5.41. The fourth-order valence-corrected chi connectivity index (χ4v) is 1.54. The molecule has 0 radical (unpaired) electrons. The molecule has 2 rings (SSSR count).